The van der Waals surface area contributed by atoms with Crippen molar-refractivity contribution in [1.29, 1.82) is 0 Å². The van der Waals surface area contributed by atoms with Crippen molar-refractivity contribution in [3.05, 3.63) is 75.6 Å². The summed E-state index contributed by atoms with van der Waals surface area (Å²) in [7, 11) is 1.96. The Balaban J connectivity index is 1.61. The quantitative estimate of drug-likeness (QED) is 0.541. The van der Waals surface area contributed by atoms with E-state index in [4.69, 9.17) is 0 Å². The average molecular weight is 376 g/mol. The molecular formula is C21H20N4OS. The minimum atomic E-state index is 0.0554. The first kappa shape index (κ1) is 17.5. The van der Waals surface area contributed by atoms with Crippen molar-refractivity contribution < 1.29 is 0 Å². The van der Waals surface area contributed by atoms with E-state index in [9.17, 15) is 4.79 Å². The van der Waals surface area contributed by atoms with Gasteiger partial charge in [-0.3, -0.25) is 4.79 Å². The smallest absolute Gasteiger partial charge is 0.191 e. The number of aromatic amines is 1. The molecule has 0 spiro atoms. The number of aryl methyl sites for hydroxylation is 2. The number of pyridine rings is 1. The van der Waals surface area contributed by atoms with Gasteiger partial charge in [0, 0.05) is 35.5 Å². The van der Waals surface area contributed by atoms with Gasteiger partial charge in [0.2, 0.25) is 0 Å². The highest BCUT2D eigenvalue weighted by Crippen LogP contribution is 2.25. The summed E-state index contributed by atoms with van der Waals surface area (Å²) in [6, 6.07) is 15.7. The van der Waals surface area contributed by atoms with Crippen molar-refractivity contribution in [2.45, 2.75) is 24.8 Å². The SMILES string of the molecule is Cc1cc(C)c2c(=O)cc(CSc3nnc(-c4ccccc4)n3C)[nH]c2c1. The van der Waals surface area contributed by atoms with E-state index in [-0.39, 0.29) is 5.43 Å². The van der Waals surface area contributed by atoms with Gasteiger partial charge in [-0.15, -0.1) is 10.2 Å². The summed E-state index contributed by atoms with van der Waals surface area (Å²) >= 11 is 1.56. The zero-order valence-corrected chi connectivity index (χ0v) is 16.3. The largest absolute Gasteiger partial charge is 0.357 e. The fourth-order valence-electron chi connectivity index (χ4n) is 3.33. The summed E-state index contributed by atoms with van der Waals surface area (Å²) in [5.74, 6) is 1.45. The number of rotatable bonds is 4. The van der Waals surface area contributed by atoms with E-state index in [0.29, 0.717) is 5.75 Å². The molecule has 0 fully saturated rings. The van der Waals surface area contributed by atoms with Crippen molar-refractivity contribution in [3.8, 4) is 11.4 Å². The molecule has 5 nitrogen and oxygen atoms in total. The van der Waals surface area contributed by atoms with Gasteiger partial charge in [-0.25, -0.2) is 0 Å². The molecule has 0 aliphatic rings. The third-order valence-electron chi connectivity index (χ3n) is 4.55. The topological polar surface area (TPSA) is 63.6 Å². The monoisotopic (exact) mass is 376 g/mol. The van der Waals surface area contributed by atoms with Crippen LogP contribution in [-0.2, 0) is 12.8 Å². The maximum absolute atomic E-state index is 12.5. The molecule has 4 aromatic rings. The summed E-state index contributed by atoms with van der Waals surface area (Å²) in [6.45, 7) is 4.01. The molecule has 136 valence electrons. The number of nitrogens with one attached hydrogen (secondary N) is 1. The highest BCUT2D eigenvalue weighted by molar-refractivity contribution is 7.98. The van der Waals surface area contributed by atoms with Crippen molar-refractivity contribution in [3.63, 3.8) is 0 Å². The fourth-order valence-corrected chi connectivity index (χ4v) is 4.15. The minimum Gasteiger partial charge on any atom is -0.357 e. The summed E-state index contributed by atoms with van der Waals surface area (Å²) in [6.07, 6.45) is 0. The van der Waals surface area contributed by atoms with Gasteiger partial charge in [0.05, 0.1) is 5.52 Å². The Bertz CT molecular complexity index is 1180. The summed E-state index contributed by atoms with van der Waals surface area (Å²) in [4.78, 5) is 15.9. The fraction of sp³-hybridized carbons (Fsp3) is 0.190. The highest BCUT2D eigenvalue weighted by atomic mass is 32.2. The van der Waals surface area contributed by atoms with Crippen LogP contribution in [0.25, 0.3) is 22.3 Å². The van der Waals surface area contributed by atoms with Gasteiger partial charge in [-0.2, -0.15) is 0 Å². The Morgan fingerprint density at radius 2 is 1.85 bits per heavy atom. The second-order valence-electron chi connectivity index (χ2n) is 6.68. The Morgan fingerprint density at radius 1 is 1.07 bits per heavy atom. The zero-order chi connectivity index (χ0) is 19.0. The van der Waals surface area contributed by atoms with Crippen molar-refractivity contribution in [2.24, 2.45) is 7.05 Å². The van der Waals surface area contributed by atoms with E-state index in [1.54, 1.807) is 17.8 Å². The number of benzene rings is 2. The molecule has 1 N–H and O–H groups in total. The Hall–Kier alpha value is -2.86. The van der Waals surface area contributed by atoms with E-state index in [1.165, 1.54) is 0 Å². The van der Waals surface area contributed by atoms with Gasteiger partial charge in [0.1, 0.15) is 0 Å². The summed E-state index contributed by atoms with van der Waals surface area (Å²) in [5, 5.41) is 10.2. The predicted molar refractivity (Wildman–Crippen MR) is 110 cm³/mol. The minimum absolute atomic E-state index is 0.0554. The lowest BCUT2D eigenvalue weighted by Crippen LogP contribution is -2.06. The molecule has 27 heavy (non-hydrogen) atoms. The van der Waals surface area contributed by atoms with Crippen LogP contribution in [0.15, 0.2) is 58.5 Å². The number of aromatic nitrogens is 4. The number of hydrogen-bond donors (Lipinski definition) is 1. The van der Waals surface area contributed by atoms with E-state index in [2.05, 4.69) is 15.2 Å². The van der Waals surface area contributed by atoms with Crippen molar-refractivity contribution in [2.75, 3.05) is 0 Å². The molecule has 0 atom stereocenters. The Morgan fingerprint density at radius 3 is 2.63 bits per heavy atom. The first-order valence-corrected chi connectivity index (χ1v) is 9.72. The van der Waals surface area contributed by atoms with Gasteiger partial charge >= 0.3 is 0 Å². The third-order valence-corrected chi connectivity index (χ3v) is 5.62. The van der Waals surface area contributed by atoms with Crippen LogP contribution in [0.4, 0.5) is 0 Å². The molecule has 0 unspecified atom stereocenters. The molecule has 2 aromatic carbocycles. The van der Waals surface area contributed by atoms with Crippen molar-refractivity contribution in [1.82, 2.24) is 19.7 Å². The zero-order valence-electron chi connectivity index (χ0n) is 15.5. The first-order chi connectivity index (χ1) is 13.0. The van der Waals surface area contributed by atoms with Crippen LogP contribution in [0.3, 0.4) is 0 Å². The molecule has 0 saturated carbocycles. The number of thioether (sulfide) groups is 1. The van der Waals surface area contributed by atoms with Crippen LogP contribution in [0.1, 0.15) is 16.8 Å². The van der Waals surface area contributed by atoms with Crippen LogP contribution < -0.4 is 5.43 Å². The van der Waals surface area contributed by atoms with E-state index >= 15 is 0 Å². The highest BCUT2D eigenvalue weighted by Gasteiger charge is 2.12. The van der Waals surface area contributed by atoms with Gasteiger partial charge in [-0.1, -0.05) is 48.2 Å². The first-order valence-electron chi connectivity index (χ1n) is 8.73. The molecule has 0 bridgehead atoms. The molecule has 0 saturated heterocycles. The number of hydrogen-bond acceptors (Lipinski definition) is 4. The Kier molecular flexibility index (Phi) is 4.58. The van der Waals surface area contributed by atoms with Crippen LogP contribution in [0.2, 0.25) is 0 Å². The molecule has 2 aromatic heterocycles. The van der Waals surface area contributed by atoms with Crippen LogP contribution in [0.5, 0.6) is 0 Å². The second kappa shape index (κ2) is 7.04. The number of nitrogens with zero attached hydrogens (tertiary/aromatic N) is 3. The number of fused-ring (bicyclic) bond motifs is 1. The molecule has 0 amide bonds. The maximum Gasteiger partial charge on any atom is 0.191 e. The predicted octanol–water partition coefficient (Wildman–Crippen LogP) is 4.23. The lowest BCUT2D eigenvalue weighted by atomic mass is 10.1. The van der Waals surface area contributed by atoms with Crippen LogP contribution in [-0.4, -0.2) is 19.7 Å². The molecule has 0 aliphatic carbocycles. The van der Waals surface area contributed by atoms with E-state index < -0.39 is 0 Å². The lowest BCUT2D eigenvalue weighted by molar-refractivity contribution is 0.793. The van der Waals surface area contributed by atoms with Gasteiger partial charge in [-0.05, 0) is 31.0 Å². The number of H-pyrrole nitrogens is 1. The molecular weight excluding hydrogens is 356 g/mol. The van der Waals surface area contributed by atoms with Gasteiger partial charge in [0.25, 0.3) is 0 Å². The second-order valence-corrected chi connectivity index (χ2v) is 7.63. The molecule has 6 heteroatoms. The summed E-state index contributed by atoms with van der Waals surface area (Å²) < 4.78 is 1.98. The molecule has 4 rings (SSSR count). The third kappa shape index (κ3) is 3.40. The molecule has 0 radical (unpaired) electrons. The maximum atomic E-state index is 12.5. The Labute approximate surface area is 161 Å². The lowest BCUT2D eigenvalue weighted by Gasteiger charge is -2.08. The standard InChI is InChI=1S/C21H20N4OS/c1-13-9-14(2)19-17(10-13)22-16(11-18(19)26)12-27-21-24-23-20(25(21)3)15-7-5-4-6-8-15/h4-11H,12H2,1-3H3,(H,22,26). The normalized spacial score (nSPS) is 11.2. The van der Waals surface area contributed by atoms with Crippen LogP contribution >= 0.6 is 11.8 Å². The molecule has 2 heterocycles. The van der Waals surface area contributed by atoms with Gasteiger partial charge < -0.3 is 9.55 Å². The van der Waals surface area contributed by atoms with Crippen LogP contribution in [0, 0.1) is 13.8 Å². The van der Waals surface area contributed by atoms with Gasteiger partial charge in [0.15, 0.2) is 16.4 Å². The average Bonchev–Trinajstić information content (AvgIpc) is 3.00. The molecule has 0 aliphatic heterocycles. The van der Waals surface area contributed by atoms with E-state index in [0.717, 1.165) is 44.3 Å². The summed E-state index contributed by atoms with van der Waals surface area (Å²) in [5.41, 5.74) is 5.00. The van der Waals surface area contributed by atoms with E-state index in [1.807, 2.05) is 67.9 Å². The van der Waals surface area contributed by atoms with Crippen molar-refractivity contribution >= 4 is 22.7 Å².